The summed E-state index contributed by atoms with van der Waals surface area (Å²) in [5, 5.41) is 6.01. The van der Waals surface area contributed by atoms with E-state index in [2.05, 4.69) is 15.6 Å². The number of hydrogen-bond donors (Lipinski definition) is 2. The van der Waals surface area contributed by atoms with Crippen molar-refractivity contribution < 1.29 is 9.53 Å². The van der Waals surface area contributed by atoms with Gasteiger partial charge in [-0.3, -0.25) is 4.79 Å². The third kappa shape index (κ3) is 5.07. The van der Waals surface area contributed by atoms with Crippen molar-refractivity contribution in [3.05, 3.63) is 84.6 Å². The van der Waals surface area contributed by atoms with Crippen LogP contribution in [0.15, 0.2) is 79.0 Å². The third-order valence-corrected chi connectivity index (χ3v) is 3.47. The Kier molecular flexibility index (Phi) is 5.61. The Labute approximate surface area is 146 Å². The largest absolute Gasteiger partial charge is 0.492 e. The second kappa shape index (κ2) is 8.49. The van der Waals surface area contributed by atoms with Crippen LogP contribution < -0.4 is 15.4 Å². The smallest absolute Gasteiger partial charge is 0.251 e. The summed E-state index contributed by atoms with van der Waals surface area (Å²) in [7, 11) is 0. The maximum Gasteiger partial charge on any atom is 0.251 e. The molecule has 0 radical (unpaired) electrons. The molecule has 2 aromatic carbocycles. The molecule has 1 aromatic heterocycles. The standard InChI is InChI=1S/C20H19N3O2/c24-20(22-13-14-25-18-9-5-2-6-10-18)16-11-12-21-19(15-16)23-17-7-3-1-4-8-17/h1-12,15H,13-14H2,(H,21,23)(H,22,24). The number of amides is 1. The first kappa shape index (κ1) is 16.5. The fourth-order valence-electron chi connectivity index (χ4n) is 2.26. The molecule has 0 aliphatic carbocycles. The second-order valence-electron chi connectivity index (χ2n) is 5.34. The fraction of sp³-hybridized carbons (Fsp3) is 0.100. The minimum absolute atomic E-state index is 0.157. The highest BCUT2D eigenvalue weighted by atomic mass is 16.5. The zero-order valence-electron chi connectivity index (χ0n) is 13.7. The molecule has 0 aliphatic heterocycles. The summed E-state index contributed by atoms with van der Waals surface area (Å²) in [4.78, 5) is 16.5. The van der Waals surface area contributed by atoms with Gasteiger partial charge in [0.2, 0.25) is 0 Å². The zero-order valence-corrected chi connectivity index (χ0v) is 13.7. The van der Waals surface area contributed by atoms with Gasteiger partial charge < -0.3 is 15.4 Å². The first-order valence-corrected chi connectivity index (χ1v) is 8.05. The van der Waals surface area contributed by atoms with Crippen LogP contribution in [0.5, 0.6) is 5.75 Å². The molecule has 1 heterocycles. The Morgan fingerprint density at radius 3 is 2.44 bits per heavy atom. The minimum Gasteiger partial charge on any atom is -0.492 e. The quantitative estimate of drug-likeness (QED) is 0.648. The molecule has 5 nitrogen and oxygen atoms in total. The van der Waals surface area contributed by atoms with Crippen LogP contribution in [0.2, 0.25) is 0 Å². The van der Waals surface area contributed by atoms with Crippen LogP contribution in [0, 0.1) is 0 Å². The maximum atomic E-state index is 12.2. The number of pyridine rings is 1. The van der Waals surface area contributed by atoms with Gasteiger partial charge in [-0.2, -0.15) is 0 Å². The molecule has 0 fully saturated rings. The van der Waals surface area contributed by atoms with E-state index in [4.69, 9.17) is 4.74 Å². The predicted molar refractivity (Wildman–Crippen MR) is 98.2 cm³/mol. The van der Waals surface area contributed by atoms with E-state index in [1.807, 2.05) is 60.7 Å². The molecule has 0 unspecified atom stereocenters. The number of rotatable bonds is 7. The summed E-state index contributed by atoms with van der Waals surface area (Å²) in [5.41, 5.74) is 1.47. The monoisotopic (exact) mass is 333 g/mol. The lowest BCUT2D eigenvalue weighted by Crippen LogP contribution is -2.28. The topological polar surface area (TPSA) is 63.2 Å². The van der Waals surface area contributed by atoms with Gasteiger partial charge in [0.1, 0.15) is 18.2 Å². The van der Waals surface area contributed by atoms with Crippen molar-refractivity contribution >= 4 is 17.4 Å². The van der Waals surface area contributed by atoms with Crippen LogP contribution in [0.25, 0.3) is 0 Å². The third-order valence-electron chi connectivity index (χ3n) is 3.47. The van der Waals surface area contributed by atoms with E-state index in [1.165, 1.54) is 0 Å². The van der Waals surface area contributed by atoms with Gasteiger partial charge in [0.15, 0.2) is 0 Å². The average molecular weight is 333 g/mol. The summed E-state index contributed by atoms with van der Waals surface area (Å²) in [6.07, 6.45) is 1.61. The molecule has 0 bridgehead atoms. The number of nitrogens with zero attached hydrogens (tertiary/aromatic N) is 1. The number of carbonyl (C=O) groups excluding carboxylic acids is 1. The van der Waals surface area contributed by atoms with Gasteiger partial charge >= 0.3 is 0 Å². The number of aromatic nitrogens is 1. The summed E-state index contributed by atoms with van der Waals surface area (Å²) in [5.74, 6) is 1.25. The Morgan fingerprint density at radius 1 is 0.960 bits per heavy atom. The second-order valence-corrected chi connectivity index (χ2v) is 5.34. The molecule has 0 saturated carbocycles. The highest BCUT2D eigenvalue weighted by molar-refractivity contribution is 5.94. The van der Waals surface area contributed by atoms with E-state index < -0.39 is 0 Å². The predicted octanol–water partition coefficient (Wildman–Crippen LogP) is 3.63. The van der Waals surface area contributed by atoms with Gasteiger partial charge in [0, 0.05) is 17.4 Å². The molecule has 3 rings (SSSR count). The van der Waals surface area contributed by atoms with Crippen molar-refractivity contribution in [2.24, 2.45) is 0 Å². The lowest BCUT2D eigenvalue weighted by Gasteiger charge is -2.09. The van der Waals surface area contributed by atoms with Gasteiger partial charge in [0.05, 0.1) is 6.54 Å². The van der Waals surface area contributed by atoms with Crippen molar-refractivity contribution in [1.29, 1.82) is 0 Å². The van der Waals surface area contributed by atoms with Gasteiger partial charge in [-0.1, -0.05) is 36.4 Å². The van der Waals surface area contributed by atoms with Crippen LogP contribution in [-0.2, 0) is 0 Å². The van der Waals surface area contributed by atoms with Crippen molar-refractivity contribution in [2.45, 2.75) is 0 Å². The molecule has 2 N–H and O–H groups in total. The van der Waals surface area contributed by atoms with Crippen molar-refractivity contribution in [1.82, 2.24) is 10.3 Å². The number of nitrogens with one attached hydrogen (secondary N) is 2. The number of ether oxygens (including phenoxy) is 1. The lowest BCUT2D eigenvalue weighted by atomic mass is 10.2. The molecule has 5 heteroatoms. The highest BCUT2D eigenvalue weighted by Crippen LogP contribution is 2.14. The summed E-state index contributed by atoms with van der Waals surface area (Å²) >= 11 is 0. The number of benzene rings is 2. The Bertz CT molecular complexity index is 807. The van der Waals surface area contributed by atoms with Gasteiger partial charge in [-0.15, -0.1) is 0 Å². The van der Waals surface area contributed by atoms with Crippen molar-refractivity contribution in [2.75, 3.05) is 18.5 Å². The number of anilines is 2. The summed E-state index contributed by atoms with van der Waals surface area (Å²) < 4.78 is 5.56. The van der Waals surface area contributed by atoms with E-state index in [1.54, 1.807) is 18.3 Å². The van der Waals surface area contributed by atoms with Crippen molar-refractivity contribution in [3.8, 4) is 5.75 Å². The van der Waals surface area contributed by atoms with Gasteiger partial charge in [0.25, 0.3) is 5.91 Å². The van der Waals surface area contributed by atoms with Gasteiger partial charge in [-0.05, 0) is 36.4 Å². The fourth-order valence-corrected chi connectivity index (χ4v) is 2.26. The SMILES string of the molecule is O=C(NCCOc1ccccc1)c1ccnc(Nc2ccccc2)c1. The Hall–Kier alpha value is -3.34. The molecule has 126 valence electrons. The molecule has 1 amide bonds. The summed E-state index contributed by atoms with van der Waals surface area (Å²) in [6.45, 7) is 0.841. The van der Waals surface area contributed by atoms with Crippen LogP contribution >= 0.6 is 0 Å². The Balaban J connectivity index is 1.51. The molecular formula is C20H19N3O2. The Morgan fingerprint density at radius 2 is 1.68 bits per heavy atom. The van der Waals surface area contributed by atoms with E-state index in [-0.39, 0.29) is 5.91 Å². The van der Waals surface area contributed by atoms with Crippen LogP contribution in [0.3, 0.4) is 0 Å². The maximum absolute atomic E-state index is 12.2. The molecular weight excluding hydrogens is 314 g/mol. The highest BCUT2D eigenvalue weighted by Gasteiger charge is 2.06. The minimum atomic E-state index is -0.157. The molecule has 0 spiro atoms. The molecule has 3 aromatic rings. The van der Waals surface area contributed by atoms with Crippen LogP contribution in [0.1, 0.15) is 10.4 Å². The first-order valence-electron chi connectivity index (χ1n) is 8.05. The van der Waals surface area contributed by atoms with Gasteiger partial charge in [-0.25, -0.2) is 4.98 Å². The normalized spacial score (nSPS) is 10.1. The van der Waals surface area contributed by atoms with Crippen LogP contribution in [0.4, 0.5) is 11.5 Å². The number of para-hydroxylation sites is 2. The van der Waals surface area contributed by atoms with E-state index in [0.717, 1.165) is 11.4 Å². The first-order chi connectivity index (χ1) is 12.3. The number of hydrogen-bond acceptors (Lipinski definition) is 4. The van der Waals surface area contributed by atoms with E-state index in [0.29, 0.717) is 24.5 Å². The molecule has 0 aliphatic rings. The van der Waals surface area contributed by atoms with E-state index in [9.17, 15) is 4.79 Å². The van der Waals surface area contributed by atoms with Crippen LogP contribution in [-0.4, -0.2) is 24.0 Å². The summed E-state index contributed by atoms with van der Waals surface area (Å²) in [6, 6.07) is 22.6. The molecule has 0 atom stereocenters. The molecule has 25 heavy (non-hydrogen) atoms. The van der Waals surface area contributed by atoms with Crippen molar-refractivity contribution in [3.63, 3.8) is 0 Å². The zero-order chi connectivity index (χ0) is 17.3. The number of carbonyl (C=O) groups is 1. The molecule has 0 saturated heterocycles. The van der Waals surface area contributed by atoms with E-state index >= 15 is 0 Å². The lowest BCUT2D eigenvalue weighted by molar-refractivity contribution is 0.0947. The average Bonchev–Trinajstić information content (AvgIpc) is 2.67.